The fraction of sp³-hybridized carbons (Fsp3) is 0.219. The second-order valence-corrected chi connectivity index (χ2v) is 10.8. The van der Waals surface area contributed by atoms with Crippen LogP contribution in [0.3, 0.4) is 0 Å². The van der Waals surface area contributed by atoms with Gasteiger partial charge < -0.3 is 24.1 Å². The number of imidazole rings is 1. The molecule has 3 aromatic carbocycles. The molecule has 0 bridgehead atoms. The number of benzene rings is 3. The zero-order valence-corrected chi connectivity index (χ0v) is 24.6. The SMILES string of the molecule is COc1cc2nccc(Oc3ccc(NC(=O)Nc4c(-c5cccc(F)c5)nc(C(C)(C)C)n4C)c(F)c3)c2cc1OC. The van der Waals surface area contributed by atoms with Gasteiger partial charge in [0.05, 0.1) is 25.4 Å². The Labute approximate surface area is 247 Å². The summed E-state index contributed by atoms with van der Waals surface area (Å²) in [7, 11) is 4.82. The summed E-state index contributed by atoms with van der Waals surface area (Å²) in [6.07, 6.45) is 1.57. The number of nitrogens with zero attached hydrogens (tertiary/aromatic N) is 3. The van der Waals surface area contributed by atoms with Crippen molar-refractivity contribution in [3.8, 4) is 34.3 Å². The number of hydrogen-bond acceptors (Lipinski definition) is 6. The van der Waals surface area contributed by atoms with Crippen molar-refractivity contribution in [1.29, 1.82) is 0 Å². The molecule has 0 aliphatic heterocycles. The van der Waals surface area contributed by atoms with Gasteiger partial charge in [-0.15, -0.1) is 0 Å². The third-order valence-electron chi connectivity index (χ3n) is 6.72. The van der Waals surface area contributed by atoms with Gasteiger partial charge >= 0.3 is 6.03 Å². The van der Waals surface area contributed by atoms with Gasteiger partial charge in [0.25, 0.3) is 0 Å². The number of fused-ring (bicyclic) bond motifs is 1. The zero-order chi connectivity index (χ0) is 30.9. The van der Waals surface area contributed by atoms with Gasteiger partial charge in [0.1, 0.15) is 40.5 Å². The van der Waals surface area contributed by atoms with E-state index < -0.39 is 17.7 Å². The van der Waals surface area contributed by atoms with Gasteiger partial charge in [-0.05, 0) is 36.4 Å². The molecule has 5 aromatic rings. The van der Waals surface area contributed by atoms with E-state index in [1.807, 2.05) is 20.8 Å². The number of urea groups is 1. The number of hydrogen-bond donors (Lipinski definition) is 2. The molecule has 0 spiro atoms. The number of amides is 2. The van der Waals surface area contributed by atoms with Crippen molar-refractivity contribution in [1.82, 2.24) is 14.5 Å². The van der Waals surface area contributed by atoms with E-state index in [9.17, 15) is 9.18 Å². The summed E-state index contributed by atoms with van der Waals surface area (Å²) in [5.74, 6) is 1.52. The molecule has 222 valence electrons. The molecule has 0 saturated heterocycles. The molecule has 0 atom stereocenters. The summed E-state index contributed by atoms with van der Waals surface area (Å²) in [6, 6.07) is 14.5. The Hall–Kier alpha value is -5.19. The molecule has 5 rings (SSSR count). The van der Waals surface area contributed by atoms with Gasteiger partial charge in [0.2, 0.25) is 0 Å². The van der Waals surface area contributed by atoms with E-state index in [4.69, 9.17) is 19.2 Å². The van der Waals surface area contributed by atoms with Crippen LogP contribution in [0.5, 0.6) is 23.0 Å². The first-order valence-corrected chi connectivity index (χ1v) is 13.4. The highest BCUT2D eigenvalue weighted by Crippen LogP contribution is 2.38. The topological polar surface area (TPSA) is 99.5 Å². The first-order chi connectivity index (χ1) is 20.5. The lowest BCUT2D eigenvalue weighted by atomic mass is 9.96. The summed E-state index contributed by atoms with van der Waals surface area (Å²) in [6.45, 7) is 5.95. The molecule has 0 radical (unpaired) electrons. The molecule has 2 amide bonds. The van der Waals surface area contributed by atoms with Crippen LogP contribution in [0.1, 0.15) is 26.6 Å². The van der Waals surface area contributed by atoms with E-state index in [1.165, 1.54) is 44.6 Å². The van der Waals surface area contributed by atoms with Crippen molar-refractivity contribution in [2.45, 2.75) is 26.2 Å². The molecule has 0 fully saturated rings. The Balaban J connectivity index is 1.38. The van der Waals surface area contributed by atoms with Crippen molar-refractivity contribution in [2.75, 3.05) is 24.9 Å². The van der Waals surface area contributed by atoms with Crippen LogP contribution in [-0.2, 0) is 12.5 Å². The molecule has 0 aliphatic carbocycles. The summed E-state index contributed by atoms with van der Waals surface area (Å²) >= 11 is 0. The number of carbonyl (C=O) groups is 1. The number of pyridine rings is 1. The third-order valence-corrected chi connectivity index (χ3v) is 6.72. The van der Waals surface area contributed by atoms with Crippen LogP contribution in [0.25, 0.3) is 22.2 Å². The highest BCUT2D eigenvalue weighted by molar-refractivity contribution is 6.01. The number of nitrogens with one attached hydrogen (secondary N) is 2. The summed E-state index contributed by atoms with van der Waals surface area (Å²) in [5, 5.41) is 5.94. The monoisotopic (exact) mass is 587 g/mol. The van der Waals surface area contributed by atoms with Crippen LogP contribution in [0.15, 0.2) is 66.9 Å². The van der Waals surface area contributed by atoms with Crippen LogP contribution in [0, 0.1) is 11.6 Å². The largest absolute Gasteiger partial charge is 0.493 e. The van der Waals surface area contributed by atoms with E-state index >= 15 is 4.39 Å². The predicted molar refractivity (Wildman–Crippen MR) is 161 cm³/mol. The summed E-state index contributed by atoms with van der Waals surface area (Å²) < 4.78 is 47.7. The van der Waals surface area contributed by atoms with E-state index in [2.05, 4.69) is 15.6 Å². The van der Waals surface area contributed by atoms with Crippen molar-refractivity contribution in [3.63, 3.8) is 0 Å². The standard InChI is InChI=1S/C32H31F2N5O4/c1-32(2,3)30-37-28(18-8-7-9-19(33)14-18)29(39(30)4)38-31(40)36-23-11-10-20(15-22(23)34)43-25-12-13-35-24-17-27(42-6)26(41-5)16-21(24)25/h7-17H,1-6H3,(H2,36,38,40). The van der Waals surface area contributed by atoms with Gasteiger partial charge in [0.15, 0.2) is 11.5 Å². The van der Waals surface area contributed by atoms with Crippen molar-refractivity contribution >= 4 is 28.4 Å². The van der Waals surface area contributed by atoms with Crippen LogP contribution in [0.4, 0.5) is 25.1 Å². The lowest BCUT2D eigenvalue weighted by Crippen LogP contribution is -2.23. The Kier molecular flexibility index (Phi) is 7.90. The second kappa shape index (κ2) is 11.6. The summed E-state index contributed by atoms with van der Waals surface area (Å²) in [4.78, 5) is 22.1. The van der Waals surface area contributed by atoms with Crippen molar-refractivity contribution in [2.24, 2.45) is 7.05 Å². The van der Waals surface area contributed by atoms with E-state index in [1.54, 1.807) is 48.1 Å². The maximum Gasteiger partial charge on any atom is 0.324 e. The first-order valence-electron chi connectivity index (χ1n) is 13.4. The predicted octanol–water partition coefficient (Wildman–Crippen LogP) is 7.66. The molecule has 2 heterocycles. The van der Waals surface area contributed by atoms with Crippen LogP contribution < -0.4 is 24.8 Å². The van der Waals surface area contributed by atoms with E-state index in [0.717, 1.165) is 0 Å². The number of carbonyl (C=O) groups excluding carboxylic acids is 1. The number of methoxy groups -OCH3 is 2. The van der Waals surface area contributed by atoms with E-state index in [0.29, 0.717) is 51.1 Å². The molecule has 0 aliphatic rings. The van der Waals surface area contributed by atoms with Gasteiger partial charge in [-0.3, -0.25) is 10.3 Å². The number of halogens is 2. The average molecular weight is 588 g/mol. The molecule has 0 unspecified atom stereocenters. The van der Waals surface area contributed by atoms with Gasteiger partial charge in [-0.25, -0.2) is 18.6 Å². The van der Waals surface area contributed by atoms with E-state index in [-0.39, 0.29) is 16.9 Å². The zero-order valence-electron chi connectivity index (χ0n) is 24.6. The Morgan fingerprint density at radius 3 is 2.33 bits per heavy atom. The average Bonchev–Trinajstić information content (AvgIpc) is 3.30. The Morgan fingerprint density at radius 1 is 0.907 bits per heavy atom. The minimum Gasteiger partial charge on any atom is -0.493 e. The number of ether oxygens (including phenoxy) is 3. The molecule has 0 saturated carbocycles. The quantitative estimate of drug-likeness (QED) is 0.203. The van der Waals surface area contributed by atoms with Crippen LogP contribution >= 0.6 is 0 Å². The van der Waals surface area contributed by atoms with Crippen LogP contribution in [-0.4, -0.2) is 34.8 Å². The molecular weight excluding hydrogens is 556 g/mol. The smallest absolute Gasteiger partial charge is 0.324 e. The number of rotatable bonds is 7. The molecular formula is C32H31F2N5O4. The third kappa shape index (κ3) is 6.06. The lowest BCUT2D eigenvalue weighted by molar-refractivity contribution is 0.262. The minimum absolute atomic E-state index is 0.0682. The minimum atomic E-state index is -0.712. The van der Waals surface area contributed by atoms with Gasteiger partial charge in [0, 0.05) is 41.7 Å². The fourth-order valence-electron chi connectivity index (χ4n) is 4.73. The normalized spacial score (nSPS) is 11.3. The molecule has 9 nitrogen and oxygen atoms in total. The maximum atomic E-state index is 15.2. The Morgan fingerprint density at radius 2 is 1.65 bits per heavy atom. The molecule has 11 heteroatoms. The first kappa shape index (κ1) is 29.3. The highest BCUT2D eigenvalue weighted by atomic mass is 19.1. The van der Waals surface area contributed by atoms with Gasteiger partial charge in [-0.1, -0.05) is 32.9 Å². The number of anilines is 2. The van der Waals surface area contributed by atoms with Crippen molar-refractivity contribution < 1.29 is 27.8 Å². The Bertz CT molecular complexity index is 1830. The van der Waals surface area contributed by atoms with Gasteiger partial charge in [-0.2, -0.15) is 0 Å². The second-order valence-electron chi connectivity index (χ2n) is 10.8. The lowest BCUT2D eigenvalue weighted by Gasteiger charge is -2.18. The highest BCUT2D eigenvalue weighted by Gasteiger charge is 2.26. The van der Waals surface area contributed by atoms with Crippen molar-refractivity contribution in [3.05, 3.63) is 84.3 Å². The fourth-order valence-corrected chi connectivity index (χ4v) is 4.73. The number of aromatic nitrogens is 3. The molecule has 43 heavy (non-hydrogen) atoms. The van der Waals surface area contributed by atoms with Crippen LogP contribution in [0.2, 0.25) is 0 Å². The molecule has 2 aromatic heterocycles. The summed E-state index contributed by atoms with van der Waals surface area (Å²) in [5.41, 5.74) is 1.06. The molecule has 2 N–H and O–H groups in total. The maximum absolute atomic E-state index is 15.2.